The Labute approximate surface area is 87.1 Å². The van der Waals surface area contributed by atoms with Gasteiger partial charge in [0.25, 0.3) is 0 Å². The molecule has 0 fully saturated rings. The molecule has 0 saturated carbocycles. The molecule has 0 spiro atoms. The van der Waals surface area contributed by atoms with Gasteiger partial charge in [-0.3, -0.25) is 4.98 Å². The van der Waals surface area contributed by atoms with E-state index in [-0.39, 0.29) is 0 Å². The van der Waals surface area contributed by atoms with Crippen molar-refractivity contribution in [1.82, 2.24) is 9.97 Å². The molecular formula is C10H11N3S. The van der Waals surface area contributed by atoms with Crippen molar-refractivity contribution in [1.29, 1.82) is 5.26 Å². The van der Waals surface area contributed by atoms with E-state index in [1.165, 1.54) is 0 Å². The molecule has 72 valence electrons. The normalized spacial score (nSPS) is 8.93. The molecule has 0 aliphatic rings. The Kier molecular flexibility index (Phi) is 4.02. The van der Waals surface area contributed by atoms with Crippen LogP contribution in [0.5, 0.6) is 0 Å². The third-order valence-corrected chi connectivity index (χ3v) is 2.50. The second-order valence-electron chi connectivity index (χ2n) is 2.29. The van der Waals surface area contributed by atoms with Gasteiger partial charge in [0.1, 0.15) is 5.01 Å². The number of rotatable bonds is 1. The molecule has 0 aliphatic heterocycles. The van der Waals surface area contributed by atoms with Gasteiger partial charge in [0.15, 0.2) is 0 Å². The van der Waals surface area contributed by atoms with Gasteiger partial charge in [-0.25, -0.2) is 4.98 Å². The average Bonchev–Trinajstić information content (AvgIpc) is 2.63. The van der Waals surface area contributed by atoms with Crippen LogP contribution >= 0.6 is 11.3 Å². The maximum atomic E-state index is 8.45. The van der Waals surface area contributed by atoms with Crippen LogP contribution in [-0.4, -0.2) is 9.97 Å². The largest absolute Gasteiger partial charge is 0.262 e. The molecule has 0 bridgehead atoms. The number of hydrogen-bond acceptors (Lipinski definition) is 4. The highest BCUT2D eigenvalue weighted by Crippen LogP contribution is 2.20. The molecule has 2 rings (SSSR count). The molecule has 14 heavy (non-hydrogen) atoms. The van der Waals surface area contributed by atoms with E-state index in [4.69, 9.17) is 5.26 Å². The zero-order chi connectivity index (χ0) is 10.4. The van der Waals surface area contributed by atoms with Crippen molar-refractivity contribution in [2.45, 2.75) is 20.3 Å². The van der Waals surface area contributed by atoms with Crippen LogP contribution in [0.15, 0.2) is 18.5 Å². The Balaban J connectivity index is 0.000000461. The van der Waals surface area contributed by atoms with Crippen LogP contribution in [0.3, 0.4) is 0 Å². The summed E-state index contributed by atoms with van der Waals surface area (Å²) in [5.74, 6) is 0. The highest BCUT2D eigenvalue weighted by Gasteiger charge is 2.01. The van der Waals surface area contributed by atoms with Gasteiger partial charge in [0, 0.05) is 6.20 Å². The predicted molar refractivity (Wildman–Crippen MR) is 58.1 cm³/mol. The molecule has 0 saturated heterocycles. The number of fused-ring (bicyclic) bond motifs is 1. The summed E-state index contributed by atoms with van der Waals surface area (Å²) in [4.78, 5) is 8.18. The van der Waals surface area contributed by atoms with Gasteiger partial charge in [0.2, 0.25) is 0 Å². The van der Waals surface area contributed by atoms with E-state index < -0.39 is 0 Å². The van der Waals surface area contributed by atoms with E-state index in [9.17, 15) is 0 Å². The lowest BCUT2D eigenvalue weighted by Gasteiger charge is -1.80. The summed E-state index contributed by atoms with van der Waals surface area (Å²) in [6.45, 7) is 4.00. The van der Waals surface area contributed by atoms with E-state index in [1.807, 2.05) is 19.9 Å². The maximum Gasteiger partial charge on any atom is 0.108 e. The number of hydrogen-bond donors (Lipinski definition) is 0. The fourth-order valence-electron chi connectivity index (χ4n) is 0.971. The number of nitrogens with zero attached hydrogens (tertiary/aromatic N) is 3. The predicted octanol–water partition coefficient (Wildman–Crippen LogP) is 2.78. The first-order chi connectivity index (χ1) is 6.90. The monoisotopic (exact) mass is 205 g/mol. The SMILES string of the molecule is CC.N#CCc1nc2cnccc2s1. The fraction of sp³-hybridized carbons (Fsp3) is 0.300. The molecule has 3 nitrogen and oxygen atoms in total. The van der Waals surface area contributed by atoms with E-state index in [0.29, 0.717) is 6.42 Å². The van der Waals surface area contributed by atoms with E-state index in [0.717, 1.165) is 15.2 Å². The van der Waals surface area contributed by atoms with Crippen LogP contribution in [0.1, 0.15) is 18.9 Å². The smallest absolute Gasteiger partial charge is 0.108 e. The quantitative estimate of drug-likeness (QED) is 0.719. The first kappa shape index (κ1) is 10.6. The summed E-state index contributed by atoms with van der Waals surface area (Å²) >= 11 is 1.55. The first-order valence-electron chi connectivity index (χ1n) is 4.46. The Morgan fingerprint density at radius 2 is 2.29 bits per heavy atom. The summed E-state index contributed by atoms with van der Waals surface area (Å²) in [6.07, 6.45) is 3.84. The number of pyridine rings is 1. The molecule has 2 heterocycles. The summed E-state index contributed by atoms with van der Waals surface area (Å²) in [7, 11) is 0. The molecule has 0 unspecified atom stereocenters. The molecule has 0 aromatic carbocycles. The number of thiazole rings is 1. The van der Waals surface area contributed by atoms with Crippen LogP contribution in [-0.2, 0) is 6.42 Å². The van der Waals surface area contributed by atoms with Gasteiger partial charge in [-0.15, -0.1) is 11.3 Å². The molecule has 0 amide bonds. The zero-order valence-corrected chi connectivity index (χ0v) is 9.01. The summed E-state index contributed by atoms with van der Waals surface area (Å²) in [6, 6.07) is 3.98. The lowest BCUT2D eigenvalue weighted by atomic mass is 10.4. The van der Waals surface area contributed by atoms with Crippen molar-refractivity contribution in [2.75, 3.05) is 0 Å². The zero-order valence-electron chi connectivity index (χ0n) is 8.19. The lowest BCUT2D eigenvalue weighted by molar-refractivity contribution is 1.20. The lowest BCUT2D eigenvalue weighted by Crippen LogP contribution is -1.76. The second kappa shape index (κ2) is 5.30. The standard InChI is InChI=1S/C8H5N3S.C2H6/c9-3-1-8-11-6-5-10-4-2-7(6)12-8;1-2/h2,4-5H,1H2;1-2H3. The van der Waals surface area contributed by atoms with Gasteiger partial charge in [-0.05, 0) is 6.07 Å². The van der Waals surface area contributed by atoms with Crippen molar-refractivity contribution in [3.63, 3.8) is 0 Å². The van der Waals surface area contributed by atoms with Gasteiger partial charge in [0.05, 0.1) is 28.9 Å². The van der Waals surface area contributed by atoms with Gasteiger partial charge in [-0.1, -0.05) is 13.8 Å². The van der Waals surface area contributed by atoms with Gasteiger partial charge in [-0.2, -0.15) is 5.26 Å². The molecular weight excluding hydrogens is 194 g/mol. The third-order valence-electron chi connectivity index (χ3n) is 1.46. The summed E-state index contributed by atoms with van der Waals surface area (Å²) in [5, 5.41) is 9.31. The molecule has 2 aromatic rings. The van der Waals surface area contributed by atoms with Crippen molar-refractivity contribution in [2.24, 2.45) is 0 Å². The van der Waals surface area contributed by atoms with Crippen molar-refractivity contribution < 1.29 is 0 Å². The summed E-state index contributed by atoms with van der Waals surface area (Å²) < 4.78 is 1.09. The minimum absolute atomic E-state index is 0.388. The Morgan fingerprint density at radius 1 is 1.50 bits per heavy atom. The van der Waals surface area contributed by atoms with Gasteiger partial charge >= 0.3 is 0 Å². The van der Waals surface area contributed by atoms with E-state index >= 15 is 0 Å². The van der Waals surface area contributed by atoms with Crippen molar-refractivity contribution in [3.05, 3.63) is 23.5 Å². The molecule has 2 aromatic heterocycles. The van der Waals surface area contributed by atoms with Crippen LogP contribution in [0.4, 0.5) is 0 Å². The molecule has 0 atom stereocenters. The highest BCUT2D eigenvalue weighted by molar-refractivity contribution is 7.18. The molecule has 4 heteroatoms. The van der Waals surface area contributed by atoms with Crippen molar-refractivity contribution in [3.8, 4) is 6.07 Å². The van der Waals surface area contributed by atoms with Crippen molar-refractivity contribution >= 4 is 21.6 Å². The average molecular weight is 205 g/mol. The Hall–Kier alpha value is -1.47. The Bertz CT molecular complexity index is 409. The minimum atomic E-state index is 0.388. The third kappa shape index (κ3) is 2.27. The van der Waals surface area contributed by atoms with Crippen LogP contribution < -0.4 is 0 Å². The fourth-order valence-corrected chi connectivity index (χ4v) is 1.84. The Morgan fingerprint density at radius 3 is 2.93 bits per heavy atom. The molecule has 0 radical (unpaired) electrons. The molecule has 0 N–H and O–H groups in total. The second-order valence-corrected chi connectivity index (χ2v) is 3.40. The maximum absolute atomic E-state index is 8.45. The van der Waals surface area contributed by atoms with Crippen LogP contribution in [0.2, 0.25) is 0 Å². The number of nitriles is 1. The minimum Gasteiger partial charge on any atom is -0.262 e. The van der Waals surface area contributed by atoms with E-state index in [2.05, 4.69) is 16.0 Å². The topological polar surface area (TPSA) is 49.6 Å². The molecule has 0 aliphatic carbocycles. The summed E-state index contributed by atoms with van der Waals surface area (Å²) in [5.41, 5.74) is 0.882. The van der Waals surface area contributed by atoms with Crippen LogP contribution in [0.25, 0.3) is 10.2 Å². The highest BCUT2D eigenvalue weighted by atomic mass is 32.1. The number of aromatic nitrogens is 2. The van der Waals surface area contributed by atoms with Gasteiger partial charge < -0.3 is 0 Å². The first-order valence-corrected chi connectivity index (χ1v) is 5.28. The van der Waals surface area contributed by atoms with E-state index in [1.54, 1.807) is 23.7 Å². The van der Waals surface area contributed by atoms with Crippen LogP contribution in [0, 0.1) is 11.3 Å².